The van der Waals surface area contributed by atoms with Gasteiger partial charge in [0.05, 0.1) is 18.4 Å². The molecule has 0 spiro atoms. The number of H-pyrrole nitrogens is 2. The van der Waals surface area contributed by atoms with Crippen LogP contribution in [-0.2, 0) is 0 Å². The van der Waals surface area contributed by atoms with Crippen molar-refractivity contribution in [3.8, 4) is 40.0 Å². The molecule has 0 aliphatic rings. The Morgan fingerprint density at radius 3 is 2.67 bits per heavy atom. The molecule has 0 saturated heterocycles. The summed E-state index contributed by atoms with van der Waals surface area (Å²) in [6.07, 6.45) is 1.87. The zero-order chi connectivity index (χ0) is 19.0. The first-order chi connectivity index (χ1) is 13.1. The van der Waals surface area contributed by atoms with Crippen molar-refractivity contribution in [2.24, 2.45) is 0 Å². The van der Waals surface area contributed by atoms with Gasteiger partial charge in [-0.3, -0.25) is 0 Å². The third-order valence-electron chi connectivity index (χ3n) is 4.53. The van der Waals surface area contributed by atoms with E-state index in [1.807, 2.05) is 36.5 Å². The summed E-state index contributed by atoms with van der Waals surface area (Å²) in [6, 6.07) is 17.1. The summed E-state index contributed by atoms with van der Waals surface area (Å²) < 4.78 is 5.51. The van der Waals surface area contributed by atoms with Crippen LogP contribution in [0.15, 0.2) is 54.7 Å². The van der Waals surface area contributed by atoms with E-state index in [2.05, 4.69) is 16.0 Å². The molecule has 6 heteroatoms. The van der Waals surface area contributed by atoms with E-state index < -0.39 is 0 Å². The highest BCUT2D eigenvalue weighted by molar-refractivity contribution is 7.71. The lowest BCUT2D eigenvalue weighted by molar-refractivity contribution is 0.374. The third-order valence-corrected chi connectivity index (χ3v) is 4.84. The lowest BCUT2D eigenvalue weighted by Gasteiger charge is -2.11. The van der Waals surface area contributed by atoms with Crippen molar-refractivity contribution < 1.29 is 9.84 Å². The first-order valence-corrected chi connectivity index (χ1v) is 8.65. The number of fused-ring (bicyclic) bond motifs is 1. The molecule has 2 heterocycles. The van der Waals surface area contributed by atoms with Crippen molar-refractivity contribution in [3.63, 3.8) is 0 Å². The van der Waals surface area contributed by atoms with Gasteiger partial charge in [0, 0.05) is 33.8 Å². The standard InChI is InChI=1S/C21H15N3O2S/c1-26-19-8-4-6-13(20(19)25)18-9-14(15(10-22)21(27)24-18)16-11-23-17-7-3-2-5-12(16)17/h2-9,11,23,25H,1H3,(H,24,27). The number of phenolic OH excluding ortho intramolecular Hbond substituents is 1. The third kappa shape index (κ3) is 2.75. The summed E-state index contributed by atoms with van der Waals surface area (Å²) in [4.78, 5) is 6.28. The van der Waals surface area contributed by atoms with Crippen LogP contribution in [0, 0.1) is 16.0 Å². The minimum Gasteiger partial charge on any atom is -0.504 e. The largest absolute Gasteiger partial charge is 0.504 e. The molecule has 0 unspecified atom stereocenters. The fourth-order valence-corrected chi connectivity index (χ4v) is 3.49. The predicted molar refractivity (Wildman–Crippen MR) is 107 cm³/mol. The van der Waals surface area contributed by atoms with Crippen molar-refractivity contribution in [3.05, 3.63) is 64.9 Å². The molecule has 3 N–H and O–H groups in total. The number of nitriles is 1. The molecule has 0 radical (unpaired) electrons. The lowest BCUT2D eigenvalue weighted by atomic mass is 9.98. The van der Waals surface area contributed by atoms with Crippen molar-refractivity contribution in [2.45, 2.75) is 0 Å². The lowest BCUT2D eigenvalue weighted by Crippen LogP contribution is -1.94. The van der Waals surface area contributed by atoms with Crippen LogP contribution in [0.1, 0.15) is 5.56 Å². The Labute approximate surface area is 160 Å². The fourth-order valence-electron chi connectivity index (χ4n) is 3.23. The molecule has 5 nitrogen and oxygen atoms in total. The number of nitrogens with one attached hydrogen (secondary N) is 2. The van der Waals surface area contributed by atoms with E-state index in [1.54, 1.807) is 18.2 Å². The van der Waals surface area contributed by atoms with E-state index in [9.17, 15) is 10.4 Å². The average Bonchev–Trinajstić information content (AvgIpc) is 3.11. The van der Waals surface area contributed by atoms with Crippen LogP contribution in [0.25, 0.3) is 33.3 Å². The van der Waals surface area contributed by atoms with Crippen LogP contribution in [0.4, 0.5) is 0 Å². The Bertz CT molecular complexity index is 1260. The van der Waals surface area contributed by atoms with Crippen LogP contribution in [0.2, 0.25) is 0 Å². The molecule has 0 aliphatic carbocycles. The molecule has 0 amide bonds. The van der Waals surface area contributed by atoms with Crippen molar-refractivity contribution >= 4 is 23.1 Å². The number of para-hydroxylation sites is 2. The summed E-state index contributed by atoms with van der Waals surface area (Å²) in [5, 5.41) is 21.2. The van der Waals surface area contributed by atoms with Gasteiger partial charge in [-0.05, 0) is 24.3 Å². The van der Waals surface area contributed by atoms with Crippen LogP contribution in [0.5, 0.6) is 11.5 Å². The van der Waals surface area contributed by atoms with Gasteiger partial charge < -0.3 is 19.8 Å². The first kappa shape index (κ1) is 16.9. The van der Waals surface area contributed by atoms with Crippen LogP contribution < -0.4 is 4.74 Å². The highest BCUT2D eigenvalue weighted by atomic mass is 32.1. The van der Waals surface area contributed by atoms with E-state index in [0.717, 1.165) is 16.5 Å². The predicted octanol–water partition coefficient (Wildman–Crippen LogP) is 5.15. The van der Waals surface area contributed by atoms with Crippen molar-refractivity contribution in [1.82, 2.24) is 9.97 Å². The van der Waals surface area contributed by atoms with E-state index in [-0.39, 0.29) is 5.75 Å². The zero-order valence-electron chi connectivity index (χ0n) is 14.4. The number of pyridine rings is 1. The summed E-state index contributed by atoms with van der Waals surface area (Å²) in [7, 11) is 1.50. The maximum atomic E-state index is 10.5. The zero-order valence-corrected chi connectivity index (χ0v) is 15.2. The monoisotopic (exact) mass is 373 g/mol. The van der Waals surface area contributed by atoms with Gasteiger partial charge in [-0.1, -0.05) is 36.5 Å². The quantitative estimate of drug-likeness (QED) is 0.434. The highest BCUT2D eigenvalue weighted by Gasteiger charge is 2.16. The van der Waals surface area contributed by atoms with Crippen molar-refractivity contribution in [2.75, 3.05) is 7.11 Å². The molecule has 2 aromatic heterocycles. The molecule has 27 heavy (non-hydrogen) atoms. The van der Waals surface area contributed by atoms with Crippen LogP contribution in [0.3, 0.4) is 0 Å². The fraction of sp³-hybridized carbons (Fsp3) is 0.0476. The second-order valence-electron chi connectivity index (χ2n) is 6.02. The Hall–Kier alpha value is -3.56. The smallest absolute Gasteiger partial charge is 0.167 e. The Morgan fingerprint density at radius 1 is 1.07 bits per heavy atom. The number of hydrogen-bond acceptors (Lipinski definition) is 4. The van der Waals surface area contributed by atoms with Gasteiger partial charge in [0.15, 0.2) is 11.5 Å². The van der Waals surface area contributed by atoms with E-state index in [1.165, 1.54) is 7.11 Å². The topological polar surface area (TPSA) is 84.8 Å². The Kier molecular flexibility index (Phi) is 4.15. The summed E-state index contributed by atoms with van der Waals surface area (Å²) in [5.74, 6) is 0.380. The molecule has 4 aromatic rings. The molecule has 0 fully saturated rings. The number of aromatic hydroxyl groups is 1. The maximum absolute atomic E-state index is 10.5. The minimum absolute atomic E-state index is 0.0141. The average molecular weight is 373 g/mol. The van der Waals surface area contributed by atoms with E-state index >= 15 is 0 Å². The Balaban J connectivity index is 2.01. The number of hydrogen-bond donors (Lipinski definition) is 3. The van der Waals surface area contributed by atoms with E-state index in [4.69, 9.17) is 17.0 Å². The van der Waals surface area contributed by atoms with Gasteiger partial charge in [-0.2, -0.15) is 5.26 Å². The van der Waals surface area contributed by atoms with Gasteiger partial charge in [-0.25, -0.2) is 0 Å². The molecule has 2 aromatic carbocycles. The van der Waals surface area contributed by atoms with Gasteiger partial charge >= 0.3 is 0 Å². The van der Waals surface area contributed by atoms with Gasteiger partial charge in [0.2, 0.25) is 0 Å². The number of aromatic amines is 2. The molecule has 4 rings (SSSR count). The number of aromatic nitrogens is 2. The normalized spacial score (nSPS) is 10.7. The molecular weight excluding hydrogens is 358 g/mol. The van der Waals surface area contributed by atoms with Gasteiger partial charge in [0.25, 0.3) is 0 Å². The summed E-state index contributed by atoms with van der Waals surface area (Å²) >= 11 is 5.43. The number of rotatable bonds is 3. The minimum atomic E-state index is 0.0141. The van der Waals surface area contributed by atoms with Crippen LogP contribution in [-0.4, -0.2) is 22.2 Å². The van der Waals surface area contributed by atoms with Gasteiger partial charge in [0.1, 0.15) is 10.7 Å². The number of nitrogens with zero attached hydrogens (tertiary/aromatic N) is 1. The molecule has 0 bridgehead atoms. The SMILES string of the molecule is COc1cccc(-c2cc(-c3c[nH]c4ccccc34)c(C#N)c(=S)[nH]2)c1O. The molecule has 0 aliphatic heterocycles. The highest BCUT2D eigenvalue weighted by Crippen LogP contribution is 2.39. The number of phenols is 1. The summed E-state index contributed by atoms with van der Waals surface area (Å²) in [5.41, 5.74) is 4.10. The van der Waals surface area contributed by atoms with E-state index in [0.29, 0.717) is 32.8 Å². The molecule has 132 valence electrons. The molecule has 0 atom stereocenters. The number of methoxy groups -OCH3 is 1. The van der Waals surface area contributed by atoms with Crippen LogP contribution >= 0.6 is 12.2 Å². The second-order valence-corrected chi connectivity index (χ2v) is 6.43. The number of ether oxygens (including phenoxy) is 1. The molecular formula is C21H15N3O2S. The summed E-state index contributed by atoms with van der Waals surface area (Å²) in [6.45, 7) is 0. The Morgan fingerprint density at radius 2 is 1.89 bits per heavy atom. The second kappa shape index (κ2) is 6.63. The first-order valence-electron chi connectivity index (χ1n) is 8.24. The molecule has 0 saturated carbocycles. The number of benzene rings is 2. The van der Waals surface area contributed by atoms with Gasteiger partial charge in [-0.15, -0.1) is 0 Å². The van der Waals surface area contributed by atoms with Crippen molar-refractivity contribution in [1.29, 1.82) is 5.26 Å². The maximum Gasteiger partial charge on any atom is 0.167 e.